The number of ether oxygens (including phenoxy) is 1. The maximum atomic E-state index is 12.0. The van der Waals surface area contributed by atoms with Gasteiger partial charge in [-0.15, -0.1) is 24.2 Å². The minimum Gasteiger partial charge on any atom is -0.366 e. The number of rotatable bonds is 3. The van der Waals surface area contributed by atoms with Crippen molar-refractivity contribution >= 4 is 35.8 Å². The van der Waals surface area contributed by atoms with Gasteiger partial charge in [0, 0.05) is 28.4 Å². The molecule has 0 bridgehead atoms. The lowest BCUT2D eigenvalue weighted by atomic mass is 10.2. The highest BCUT2D eigenvalue weighted by molar-refractivity contribution is 8.00. The van der Waals surface area contributed by atoms with Crippen LogP contribution in [0.1, 0.15) is 20.8 Å². The number of carbonyl (C=O) groups is 1. The van der Waals surface area contributed by atoms with E-state index in [2.05, 4.69) is 31.4 Å². The second-order valence-corrected chi connectivity index (χ2v) is 7.69. The first kappa shape index (κ1) is 18.3. The molecule has 1 aromatic rings. The first-order valence-corrected chi connectivity index (χ1v) is 7.68. The van der Waals surface area contributed by atoms with E-state index in [0.29, 0.717) is 13.2 Å². The molecule has 1 amide bonds. The van der Waals surface area contributed by atoms with Crippen molar-refractivity contribution in [3.8, 4) is 0 Å². The molecule has 1 aliphatic rings. The summed E-state index contributed by atoms with van der Waals surface area (Å²) in [6.45, 7) is 8.51. The summed E-state index contributed by atoms with van der Waals surface area (Å²) in [5.74, 6) is -0.0894. The largest absolute Gasteiger partial charge is 0.366 e. The smallest absolute Gasteiger partial charge is 0.254 e. The molecule has 0 aromatic heterocycles. The van der Waals surface area contributed by atoms with Gasteiger partial charge in [0.2, 0.25) is 0 Å². The van der Waals surface area contributed by atoms with E-state index in [-0.39, 0.29) is 23.1 Å². The molecule has 0 radical (unpaired) electrons. The Bertz CT molecular complexity index is 454. The highest BCUT2D eigenvalue weighted by atomic mass is 35.5. The Morgan fingerprint density at radius 1 is 1.33 bits per heavy atom. The lowest BCUT2D eigenvalue weighted by Crippen LogP contribution is -2.45. The highest BCUT2D eigenvalue weighted by Gasteiger charge is 2.21. The second-order valence-electron chi connectivity index (χ2n) is 5.79. The summed E-state index contributed by atoms with van der Waals surface area (Å²) in [4.78, 5) is 13.2. The molecule has 1 unspecified atom stereocenters. The first-order valence-electron chi connectivity index (χ1n) is 6.86. The predicted molar refractivity (Wildman–Crippen MR) is 90.5 cm³/mol. The number of thioether (sulfide) groups is 1. The average Bonchev–Trinajstić information content (AvgIpc) is 2.40. The van der Waals surface area contributed by atoms with Crippen LogP contribution >= 0.6 is 24.2 Å². The van der Waals surface area contributed by atoms with Gasteiger partial charge in [-0.1, -0.05) is 20.8 Å². The van der Waals surface area contributed by atoms with Crippen LogP contribution in [-0.4, -0.2) is 36.5 Å². The van der Waals surface area contributed by atoms with E-state index in [1.54, 1.807) is 0 Å². The third-order valence-electron chi connectivity index (χ3n) is 2.77. The quantitative estimate of drug-likeness (QED) is 0.837. The van der Waals surface area contributed by atoms with E-state index in [0.717, 1.165) is 12.2 Å². The summed E-state index contributed by atoms with van der Waals surface area (Å²) in [5, 5.41) is 6.04. The summed E-state index contributed by atoms with van der Waals surface area (Å²) in [5.41, 5.74) is 0.808. The number of benzene rings is 1. The fourth-order valence-electron chi connectivity index (χ4n) is 1.92. The van der Waals surface area contributed by atoms with Gasteiger partial charge < -0.3 is 15.4 Å². The molecular formula is C15H23ClN2O2S. The zero-order valence-electron chi connectivity index (χ0n) is 12.6. The molecule has 1 heterocycles. The van der Waals surface area contributed by atoms with Gasteiger partial charge in [0.15, 0.2) is 0 Å². The minimum absolute atomic E-state index is 0. The standard InChI is InChI=1S/C15H22N2O2S.ClH/c1-15(2,3)20-12-6-4-11(5-7-12)17-14(18)13-10-16-8-9-19-13;/h4-7,13,16H,8-10H2,1-3H3,(H,17,18);1H. The molecule has 2 rings (SSSR count). The van der Waals surface area contributed by atoms with Gasteiger partial charge in [-0.2, -0.15) is 0 Å². The van der Waals surface area contributed by atoms with Crippen LogP contribution in [0, 0.1) is 0 Å². The zero-order chi connectivity index (χ0) is 14.6. The Morgan fingerprint density at radius 2 is 2.00 bits per heavy atom. The number of nitrogens with one attached hydrogen (secondary N) is 2. The van der Waals surface area contributed by atoms with Crippen molar-refractivity contribution < 1.29 is 9.53 Å². The van der Waals surface area contributed by atoms with Crippen molar-refractivity contribution in [1.29, 1.82) is 0 Å². The van der Waals surface area contributed by atoms with Crippen LogP contribution in [0.3, 0.4) is 0 Å². The normalized spacial score (nSPS) is 18.7. The molecule has 21 heavy (non-hydrogen) atoms. The van der Waals surface area contributed by atoms with Gasteiger partial charge in [0.1, 0.15) is 6.10 Å². The van der Waals surface area contributed by atoms with Crippen LogP contribution in [0.5, 0.6) is 0 Å². The number of hydrogen-bond donors (Lipinski definition) is 2. The Balaban J connectivity index is 0.00000220. The summed E-state index contributed by atoms with van der Waals surface area (Å²) >= 11 is 1.81. The van der Waals surface area contributed by atoms with E-state index >= 15 is 0 Å². The summed E-state index contributed by atoms with van der Waals surface area (Å²) in [6.07, 6.45) is -0.396. The molecule has 4 nitrogen and oxygen atoms in total. The lowest BCUT2D eigenvalue weighted by molar-refractivity contribution is -0.128. The Morgan fingerprint density at radius 3 is 2.52 bits per heavy atom. The molecule has 0 spiro atoms. The fraction of sp³-hybridized carbons (Fsp3) is 0.533. The van der Waals surface area contributed by atoms with E-state index in [1.807, 2.05) is 36.0 Å². The van der Waals surface area contributed by atoms with Crippen LogP contribution in [0.4, 0.5) is 5.69 Å². The number of halogens is 1. The van der Waals surface area contributed by atoms with Gasteiger partial charge in [-0.25, -0.2) is 0 Å². The molecule has 1 aliphatic heterocycles. The van der Waals surface area contributed by atoms with Crippen molar-refractivity contribution in [1.82, 2.24) is 5.32 Å². The van der Waals surface area contributed by atoms with Crippen molar-refractivity contribution in [3.63, 3.8) is 0 Å². The van der Waals surface area contributed by atoms with E-state index < -0.39 is 6.10 Å². The first-order chi connectivity index (χ1) is 9.44. The molecule has 0 saturated carbocycles. The molecular weight excluding hydrogens is 308 g/mol. The second kappa shape index (κ2) is 8.03. The van der Waals surface area contributed by atoms with Crippen LogP contribution < -0.4 is 10.6 Å². The molecule has 1 aromatic carbocycles. The summed E-state index contributed by atoms with van der Waals surface area (Å²) in [7, 11) is 0. The van der Waals surface area contributed by atoms with Gasteiger partial charge >= 0.3 is 0 Å². The molecule has 2 N–H and O–H groups in total. The number of amides is 1. The van der Waals surface area contributed by atoms with Gasteiger partial charge in [-0.3, -0.25) is 4.79 Å². The van der Waals surface area contributed by atoms with E-state index in [9.17, 15) is 4.79 Å². The van der Waals surface area contributed by atoms with Crippen molar-refractivity contribution in [2.24, 2.45) is 0 Å². The lowest BCUT2D eigenvalue weighted by Gasteiger charge is -2.22. The number of carbonyl (C=O) groups excluding carboxylic acids is 1. The summed E-state index contributed by atoms with van der Waals surface area (Å²) < 4.78 is 5.61. The van der Waals surface area contributed by atoms with Crippen molar-refractivity contribution in [2.75, 3.05) is 25.0 Å². The highest BCUT2D eigenvalue weighted by Crippen LogP contribution is 2.32. The Labute approximate surface area is 136 Å². The van der Waals surface area contributed by atoms with Crippen LogP contribution in [0.25, 0.3) is 0 Å². The van der Waals surface area contributed by atoms with Gasteiger partial charge in [0.25, 0.3) is 5.91 Å². The zero-order valence-corrected chi connectivity index (χ0v) is 14.3. The van der Waals surface area contributed by atoms with Crippen LogP contribution in [-0.2, 0) is 9.53 Å². The fourth-order valence-corrected chi connectivity index (χ4v) is 2.90. The molecule has 1 fully saturated rings. The maximum Gasteiger partial charge on any atom is 0.254 e. The minimum atomic E-state index is -0.396. The molecule has 0 aliphatic carbocycles. The van der Waals surface area contributed by atoms with E-state index in [4.69, 9.17) is 4.74 Å². The average molecular weight is 331 g/mol. The monoisotopic (exact) mass is 330 g/mol. The third-order valence-corrected chi connectivity index (χ3v) is 3.89. The summed E-state index contributed by atoms with van der Waals surface area (Å²) in [6, 6.07) is 7.93. The number of morpholine rings is 1. The molecule has 6 heteroatoms. The van der Waals surface area contributed by atoms with Crippen molar-refractivity contribution in [2.45, 2.75) is 36.5 Å². The molecule has 118 valence electrons. The number of anilines is 1. The SMILES string of the molecule is CC(C)(C)Sc1ccc(NC(=O)C2CNCCO2)cc1.Cl. The topological polar surface area (TPSA) is 50.4 Å². The van der Waals surface area contributed by atoms with Crippen molar-refractivity contribution in [3.05, 3.63) is 24.3 Å². The molecule has 1 atom stereocenters. The van der Waals surface area contributed by atoms with E-state index in [1.165, 1.54) is 4.90 Å². The number of hydrogen-bond acceptors (Lipinski definition) is 4. The third kappa shape index (κ3) is 6.26. The Hall–Kier alpha value is -0.750. The van der Waals surface area contributed by atoms with Gasteiger partial charge in [-0.05, 0) is 24.3 Å². The maximum absolute atomic E-state index is 12.0. The van der Waals surface area contributed by atoms with Crippen LogP contribution in [0.15, 0.2) is 29.2 Å². The predicted octanol–water partition coefficient (Wildman–Crippen LogP) is 2.93. The Kier molecular flexibility index (Phi) is 7.00. The molecule has 1 saturated heterocycles. The van der Waals surface area contributed by atoms with Gasteiger partial charge in [0.05, 0.1) is 6.61 Å². The van der Waals surface area contributed by atoms with Crippen LogP contribution in [0.2, 0.25) is 0 Å².